The van der Waals surface area contributed by atoms with Crippen LogP contribution in [0.3, 0.4) is 0 Å². The third kappa shape index (κ3) is 3.74. The van der Waals surface area contributed by atoms with Gasteiger partial charge in [0, 0.05) is 25.2 Å². The molecule has 6 nitrogen and oxygen atoms in total. The molecule has 3 rings (SSSR count). The molecule has 1 aromatic rings. The zero-order chi connectivity index (χ0) is 16.6. The van der Waals surface area contributed by atoms with Crippen molar-refractivity contribution in [2.45, 2.75) is 37.6 Å². The third-order valence-corrected chi connectivity index (χ3v) is 6.22. The second-order valence-corrected chi connectivity index (χ2v) is 8.12. The Morgan fingerprint density at radius 3 is 2.79 bits per heavy atom. The predicted octanol–water partition coefficient (Wildman–Crippen LogP) is 1.29. The monoisotopic (exact) mass is 373 g/mol. The maximum atomic E-state index is 12.7. The molecule has 2 unspecified atom stereocenters. The summed E-state index contributed by atoms with van der Waals surface area (Å²) in [4.78, 5) is 13.6. The second kappa shape index (κ2) is 7.39. The van der Waals surface area contributed by atoms with E-state index in [1.165, 1.54) is 6.92 Å². The molecule has 2 N–H and O–H groups in total. The predicted molar refractivity (Wildman–Crippen MR) is 96.2 cm³/mol. The van der Waals surface area contributed by atoms with Crippen molar-refractivity contribution in [2.24, 2.45) is 5.92 Å². The lowest BCUT2D eigenvalue weighted by molar-refractivity contribution is -0.116. The van der Waals surface area contributed by atoms with E-state index in [0.717, 1.165) is 37.2 Å². The summed E-state index contributed by atoms with van der Waals surface area (Å²) in [6, 6.07) is 5.02. The van der Waals surface area contributed by atoms with E-state index in [0.29, 0.717) is 6.54 Å². The summed E-state index contributed by atoms with van der Waals surface area (Å²) in [7, 11) is -3.58. The molecular weight excluding hydrogens is 350 g/mol. The number of amides is 1. The fourth-order valence-corrected chi connectivity index (χ4v) is 4.71. The summed E-state index contributed by atoms with van der Waals surface area (Å²) >= 11 is 0. The Morgan fingerprint density at radius 1 is 1.38 bits per heavy atom. The number of carbonyl (C=O) groups excluding carboxylic acids is 1. The first-order chi connectivity index (χ1) is 10.9. The summed E-state index contributed by atoms with van der Waals surface area (Å²) in [5.41, 5.74) is 1.74. The highest BCUT2D eigenvalue weighted by Gasteiger charge is 2.29. The van der Waals surface area contributed by atoms with E-state index in [2.05, 4.69) is 10.0 Å². The lowest BCUT2D eigenvalue weighted by Gasteiger charge is -2.30. The van der Waals surface area contributed by atoms with Gasteiger partial charge in [0.15, 0.2) is 0 Å². The lowest BCUT2D eigenvalue weighted by atomic mass is 9.97. The largest absolute Gasteiger partial charge is 0.316 e. The van der Waals surface area contributed by atoms with E-state index in [4.69, 9.17) is 0 Å². The standard InChI is InChI=1S/C16H23N3O3S.ClH/c1-11-10-17-7-5-15(11)18-23(21,22)14-4-3-13-6-8-19(12(2)20)16(13)9-14;/h3-4,9,11,15,17-18H,5-8,10H2,1-2H3;1H. The van der Waals surface area contributed by atoms with Gasteiger partial charge in [-0.1, -0.05) is 13.0 Å². The molecule has 2 heterocycles. The van der Waals surface area contributed by atoms with E-state index < -0.39 is 10.0 Å². The fraction of sp³-hybridized carbons (Fsp3) is 0.562. The average molecular weight is 374 g/mol. The Labute approximate surface area is 149 Å². The van der Waals surface area contributed by atoms with E-state index in [9.17, 15) is 13.2 Å². The van der Waals surface area contributed by atoms with Crippen molar-refractivity contribution < 1.29 is 13.2 Å². The van der Waals surface area contributed by atoms with Crippen LogP contribution in [-0.4, -0.2) is 40.0 Å². The molecule has 0 saturated carbocycles. The van der Waals surface area contributed by atoms with Gasteiger partial charge in [-0.3, -0.25) is 4.79 Å². The van der Waals surface area contributed by atoms with Crippen LogP contribution in [0.4, 0.5) is 5.69 Å². The van der Waals surface area contributed by atoms with Gasteiger partial charge in [-0.15, -0.1) is 12.4 Å². The lowest BCUT2D eigenvalue weighted by Crippen LogP contribution is -2.48. The second-order valence-electron chi connectivity index (χ2n) is 6.41. The van der Waals surface area contributed by atoms with Crippen LogP contribution in [0.5, 0.6) is 0 Å². The molecule has 1 aromatic carbocycles. The molecule has 0 radical (unpaired) electrons. The number of piperidine rings is 1. The first-order valence-electron chi connectivity index (χ1n) is 8.02. The van der Waals surface area contributed by atoms with Gasteiger partial charge < -0.3 is 10.2 Å². The van der Waals surface area contributed by atoms with Crippen LogP contribution in [0.15, 0.2) is 23.1 Å². The molecule has 1 saturated heterocycles. The highest BCUT2D eigenvalue weighted by molar-refractivity contribution is 7.89. The molecule has 134 valence electrons. The van der Waals surface area contributed by atoms with E-state index >= 15 is 0 Å². The topological polar surface area (TPSA) is 78.5 Å². The Bertz CT molecular complexity index is 723. The van der Waals surface area contributed by atoms with Gasteiger partial charge in [0.1, 0.15) is 0 Å². The molecule has 0 spiro atoms. The van der Waals surface area contributed by atoms with Gasteiger partial charge in [-0.2, -0.15) is 0 Å². The number of anilines is 1. The molecule has 2 aliphatic rings. The molecule has 1 amide bonds. The molecule has 0 aromatic heterocycles. The van der Waals surface area contributed by atoms with Crippen LogP contribution in [0.1, 0.15) is 25.8 Å². The van der Waals surface area contributed by atoms with Crippen LogP contribution in [-0.2, 0) is 21.2 Å². The highest BCUT2D eigenvalue weighted by atomic mass is 35.5. The number of rotatable bonds is 3. The number of sulfonamides is 1. The van der Waals surface area contributed by atoms with Crippen LogP contribution >= 0.6 is 12.4 Å². The van der Waals surface area contributed by atoms with E-state index in [1.54, 1.807) is 17.0 Å². The Balaban J connectivity index is 0.00000208. The number of nitrogens with one attached hydrogen (secondary N) is 2. The minimum absolute atomic E-state index is 0. The minimum atomic E-state index is -3.58. The molecule has 0 aliphatic carbocycles. The molecule has 1 fully saturated rings. The Morgan fingerprint density at radius 2 is 2.12 bits per heavy atom. The third-order valence-electron chi connectivity index (χ3n) is 4.73. The van der Waals surface area contributed by atoms with Crippen molar-refractivity contribution in [3.05, 3.63) is 23.8 Å². The molecule has 2 aliphatic heterocycles. The van der Waals surface area contributed by atoms with Gasteiger partial charge in [0.25, 0.3) is 0 Å². The Hall–Kier alpha value is -1.15. The maximum absolute atomic E-state index is 12.7. The minimum Gasteiger partial charge on any atom is -0.316 e. The van der Waals surface area contributed by atoms with Gasteiger partial charge in [0.2, 0.25) is 15.9 Å². The zero-order valence-electron chi connectivity index (χ0n) is 13.9. The van der Waals surface area contributed by atoms with Crippen LogP contribution in [0.2, 0.25) is 0 Å². The van der Waals surface area contributed by atoms with Crippen molar-refractivity contribution in [3.63, 3.8) is 0 Å². The first-order valence-corrected chi connectivity index (χ1v) is 9.51. The molecule has 0 bridgehead atoms. The number of hydrogen-bond donors (Lipinski definition) is 2. The number of nitrogens with zero attached hydrogens (tertiary/aromatic N) is 1. The fourth-order valence-electron chi connectivity index (χ4n) is 3.31. The summed E-state index contributed by atoms with van der Waals surface area (Å²) in [6.07, 6.45) is 1.55. The summed E-state index contributed by atoms with van der Waals surface area (Å²) in [5.74, 6) is 0.194. The van der Waals surface area contributed by atoms with Gasteiger partial charge >= 0.3 is 0 Å². The van der Waals surface area contributed by atoms with Crippen LogP contribution in [0, 0.1) is 5.92 Å². The van der Waals surface area contributed by atoms with Crippen LogP contribution in [0.25, 0.3) is 0 Å². The van der Waals surface area contributed by atoms with Crippen molar-refractivity contribution in [3.8, 4) is 0 Å². The molecule has 2 atom stereocenters. The Kier molecular flexibility index (Phi) is 5.91. The van der Waals surface area contributed by atoms with Crippen molar-refractivity contribution in [1.82, 2.24) is 10.0 Å². The average Bonchev–Trinajstić information content (AvgIpc) is 2.92. The number of hydrogen-bond acceptors (Lipinski definition) is 4. The number of carbonyl (C=O) groups is 1. The molecule has 8 heteroatoms. The number of benzene rings is 1. The molecule has 24 heavy (non-hydrogen) atoms. The number of halogens is 1. The van der Waals surface area contributed by atoms with Crippen molar-refractivity contribution in [2.75, 3.05) is 24.5 Å². The van der Waals surface area contributed by atoms with Gasteiger partial charge in [-0.25, -0.2) is 13.1 Å². The molecular formula is C16H24ClN3O3S. The summed E-state index contributed by atoms with van der Waals surface area (Å²) in [5, 5.41) is 3.26. The zero-order valence-corrected chi connectivity index (χ0v) is 15.5. The normalized spacial score (nSPS) is 23.5. The van der Waals surface area contributed by atoms with Gasteiger partial charge in [-0.05, 0) is 49.5 Å². The smallest absolute Gasteiger partial charge is 0.240 e. The van der Waals surface area contributed by atoms with Gasteiger partial charge in [0.05, 0.1) is 4.90 Å². The summed E-state index contributed by atoms with van der Waals surface area (Å²) in [6.45, 7) is 5.80. The SMILES string of the molecule is CC(=O)N1CCc2ccc(S(=O)(=O)NC3CCNCC3C)cc21.Cl. The first kappa shape index (κ1) is 19.2. The van der Waals surface area contributed by atoms with Crippen molar-refractivity contribution in [1.29, 1.82) is 0 Å². The maximum Gasteiger partial charge on any atom is 0.240 e. The quantitative estimate of drug-likeness (QED) is 0.837. The van der Waals surface area contributed by atoms with Crippen molar-refractivity contribution >= 4 is 34.0 Å². The van der Waals surface area contributed by atoms with Crippen LogP contribution < -0.4 is 14.9 Å². The highest BCUT2D eigenvalue weighted by Crippen LogP contribution is 2.30. The van der Waals surface area contributed by atoms with E-state index in [1.807, 2.05) is 13.0 Å². The summed E-state index contributed by atoms with van der Waals surface area (Å²) < 4.78 is 28.2. The number of fused-ring (bicyclic) bond motifs is 1. The van der Waals surface area contributed by atoms with E-state index in [-0.39, 0.29) is 35.2 Å².